The van der Waals surface area contributed by atoms with Gasteiger partial charge in [0, 0.05) is 24.5 Å². The lowest BCUT2D eigenvalue weighted by molar-refractivity contribution is -0.132. The number of hydrogen-bond donors (Lipinski definition) is 2. The molecule has 0 bridgehead atoms. The van der Waals surface area contributed by atoms with Crippen molar-refractivity contribution in [3.05, 3.63) is 21.4 Å². The van der Waals surface area contributed by atoms with Crippen LogP contribution < -0.4 is 5.32 Å². The van der Waals surface area contributed by atoms with Crippen molar-refractivity contribution < 1.29 is 14.7 Å². The van der Waals surface area contributed by atoms with Gasteiger partial charge in [0.15, 0.2) is 0 Å². The number of carbonyl (C=O) groups is 2. The van der Waals surface area contributed by atoms with Gasteiger partial charge >= 0.3 is 5.97 Å². The molecule has 1 unspecified atom stereocenters. The molecular formula is C14H22N2O3S. The van der Waals surface area contributed by atoms with Crippen LogP contribution in [0.5, 0.6) is 0 Å². The number of amides is 1. The summed E-state index contributed by atoms with van der Waals surface area (Å²) in [7, 11) is 0. The second-order valence-electron chi connectivity index (χ2n) is 4.61. The van der Waals surface area contributed by atoms with Crippen molar-refractivity contribution in [1.29, 1.82) is 0 Å². The van der Waals surface area contributed by atoms with E-state index in [9.17, 15) is 9.59 Å². The van der Waals surface area contributed by atoms with Crippen LogP contribution in [-0.4, -0.2) is 41.0 Å². The minimum absolute atomic E-state index is 0.0707. The summed E-state index contributed by atoms with van der Waals surface area (Å²) in [5, 5.41) is 12.1. The fraction of sp³-hybridized carbons (Fsp3) is 0.571. The maximum absolute atomic E-state index is 12.1. The highest BCUT2D eigenvalue weighted by molar-refractivity contribution is 7.14. The second kappa shape index (κ2) is 7.40. The summed E-state index contributed by atoms with van der Waals surface area (Å²) in [5.74, 6) is -0.835. The third-order valence-corrected chi connectivity index (χ3v) is 4.36. The normalized spacial score (nSPS) is 12.2. The number of thiophene rings is 1. The summed E-state index contributed by atoms with van der Waals surface area (Å²) < 4.78 is 0. The number of aromatic carboxylic acids is 1. The number of nitrogens with zero attached hydrogens (tertiary/aromatic N) is 1. The molecule has 0 aliphatic heterocycles. The number of hydrogen-bond acceptors (Lipinski definition) is 4. The molecule has 1 rings (SSSR count). The highest BCUT2D eigenvalue weighted by Gasteiger charge is 2.18. The minimum atomic E-state index is -0.906. The molecule has 0 saturated heterocycles. The second-order valence-corrected chi connectivity index (χ2v) is 5.87. The zero-order valence-electron chi connectivity index (χ0n) is 12.4. The zero-order valence-corrected chi connectivity index (χ0v) is 13.2. The van der Waals surface area contributed by atoms with Crippen molar-refractivity contribution >= 4 is 23.2 Å². The van der Waals surface area contributed by atoms with Gasteiger partial charge < -0.3 is 15.3 Å². The minimum Gasteiger partial charge on any atom is -0.477 e. The largest absolute Gasteiger partial charge is 0.477 e. The summed E-state index contributed by atoms with van der Waals surface area (Å²) >= 11 is 1.26. The van der Waals surface area contributed by atoms with E-state index < -0.39 is 5.97 Å². The molecule has 5 nitrogen and oxygen atoms in total. The van der Waals surface area contributed by atoms with E-state index in [1.54, 1.807) is 11.0 Å². The molecule has 6 heteroatoms. The smallest absolute Gasteiger partial charge is 0.345 e. The molecule has 1 amide bonds. The number of carboxylic acids is 1. The van der Waals surface area contributed by atoms with Crippen molar-refractivity contribution in [1.82, 2.24) is 10.2 Å². The maximum atomic E-state index is 12.1. The molecule has 0 saturated carbocycles. The number of carboxylic acid groups (broad SMARTS) is 1. The van der Waals surface area contributed by atoms with Gasteiger partial charge in [-0.3, -0.25) is 4.79 Å². The molecule has 1 aromatic rings. The SMILES string of the molecule is CCN(CC)C(=O)C(C)NCc1cc(C(=O)O)sc1C. The van der Waals surface area contributed by atoms with E-state index in [1.165, 1.54) is 11.3 Å². The first-order chi connectivity index (χ1) is 9.40. The number of aryl methyl sites for hydroxylation is 1. The van der Waals surface area contributed by atoms with Crippen LogP contribution in [0.15, 0.2) is 6.07 Å². The van der Waals surface area contributed by atoms with Crippen molar-refractivity contribution in [3.63, 3.8) is 0 Å². The van der Waals surface area contributed by atoms with Crippen LogP contribution in [0.3, 0.4) is 0 Å². The molecule has 0 spiro atoms. The van der Waals surface area contributed by atoms with Gasteiger partial charge in [0.2, 0.25) is 5.91 Å². The Hall–Kier alpha value is -1.40. The lowest BCUT2D eigenvalue weighted by Gasteiger charge is -2.23. The van der Waals surface area contributed by atoms with Crippen LogP contribution in [0.4, 0.5) is 0 Å². The van der Waals surface area contributed by atoms with Crippen LogP contribution >= 0.6 is 11.3 Å². The van der Waals surface area contributed by atoms with Crippen LogP contribution in [0.2, 0.25) is 0 Å². The first-order valence-electron chi connectivity index (χ1n) is 6.75. The highest BCUT2D eigenvalue weighted by atomic mass is 32.1. The maximum Gasteiger partial charge on any atom is 0.345 e. The molecule has 20 heavy (non-hydrogen) atoms. The lowest BCUT2D eigenvalue weighted by Crippen LogP contribution is -2.44. The number of carbonyl (C=O) groups excluding carboxylic acids is 1. The molecule has 0 aliphatic carbocycles. The summed E-state index contributed by atoms with van der Waals surface area (Å²) in [6, 6.07) is 1.40. The topological polar surface area (TPSA) is 69.6 Å². The number of likely N-dealkylation sites (N-methyl/N-ethyl adjacent to an activating group) is 1. The Balaban J connectivity index is 2.63. The summed E-state index contributed by atoms with van der Waals surface area (Å²) in [6.07, 6.45) is 0. The summed E-state index contributed by atoms with van der Waals surface area (Å²) in [4.78, 5) is 26.1. The molecular weight excluding hydrogens is 276 g/mol. The number of rotatable bonds is 7. The number of nitrogens with one attached hydrogen (secondary N) is 1. The van der Waals surface area contributed by atoms with E-state index >= 15 is 0 Å². The van der Waals surface area contributed by atoms with E-state index in [0.717, 1.165) is 10.4 Å². The molecule has 1 aromatic heterocycles. The van der Waals surface area contributed by atoms with Crippen molar-refractivity contribution in [2.45, 2.75) is 40.3 Å². The third-order valence-electron chi connectivity index (χ3n) is 3.28. The molecule has 1 atom stereocenters. The Morgan fingerprint density at radius 2 is 2.00 bits per heavy atom. The highest BCUT2D eigenvalue weighted by Crippen LogP contribution is 2.21. The molecule has 0 fully saturated rings. The summed E-state index contributed by atoms with van der Waals surface area (Å²) in [5.41, 5.74) is 0.937. The Labute approximate surface area is 123 Å². The van der Waals surface area contributed by atoms with Crippen LogP contribution in [0.1, 0.15) is 40.9 Å². The first-order valence-corrected chi connectivity index (χ1v) is 7.57. The van der Waals surface area contributed by atoms with Gasteiger partial charge in [-0.15, -0.1) is 11.3 Å². The third kappa shape index (κ3) is 4.05. The first kappa shape index (κ1) is 16.7. The predicted molar refractivity (Wildman–Crippen MR) is 80.2 cm³/mol. The van der Waals surface area contributed by atoms with E-state index in [0.29, 0.717) is 24.5 Å². The Kier molecular flexibility index (Phi) is 6.16. The monoisotopic (exact) mass is 298 g/mol. The fourth-order valence-corrected chi connectivity index (χ4v) is 2.84. The summed E-state index contributed by atoms with van der Waals surface area (Å²) in [6.45, 7) is 9.53. The van der Waals surface area contributed by atoms with Crippen molar-refractivity contribution in [2.75, 3.05) is 13.1 Å². The Morgan fingerprint density at radius 3 is 2.45 bits per heavy atom. The van der Waals surface area contributed by atoms with Crippen molar-refractivity contribution in [3.8, 4) is 0 Å². The van der Waals surface area contributed by atoms with Crippen LogP contribution in [0, 0.1) is 6.92 Å². The molecule has 1 heterocycles. The molecule has 0 radical (unpaired) electrons. The van der Waals surface area contributed by atoms with Gasteiger partial charge in [0.05, 0.1) is 6.04 Å². The van der Waals surface area contributed by atoms with Crippen molar-refractivity contribution in [2.24, 2.45) is 0 Å². The van der Waals surface area contributed by atoms with E-state index in [4.69, 9.17) is 5.11 Å². The van der Waals surface area contributed by atoms with E-state index in [2.05, 4.69) is 5.32 Å². The molecule has 2 N–H and O–H groups in total. The standard InChI is InChI=1S/C14H22N2O3S/c1-5-16(6-2)13(17)9(3)15-8-11-7-12(14(18)19)20-10(11)4/h7,9,15H,5-6,8H2,1-4H3,(H,18,19). The van der Waals surface area contributed by atoms with E-state index in [1.807, 2.05) is 27.7 Å². The lowest BCUT2D eigenvalue weighted by atomic mass is 10.2. The molecule has 112 valence electrons. The van der Waals surface area contributed by atoms with Crippen LogP contribution in [-0.2, 0) is 11.3 Å². The van der Waals surface area contributed by atoms with Gasteiger partial charge in [-0.25, -0.2) is 4.79 Å². The predicted octanol–water partition coefficient (Wildman–Crippen LogP) is 2.10. The van der Waals surface area contributed by atoms with Gasteiger partial charge in [-0.2, -0.15) is 0 Å². The molecule has 0 aromatic carbocycles. The quantitative estimate of drug-likeness (QED) is 0.809. The van der Waals surface area contributed by atoms with E-state index in [-0.39, 0.29) is 11.9 Å². The average molecular weight is 298 g/mol. The van der Waals surface area contributed by atoms with Crippen LogP contribution in [0.25, 0.3) is 0 Å². The van der Waals surface area contributed by atoms with Gasteiger partial charge in [-0.05, 0) is 39.3 Å². The average Bonchev–Trinajstić information content (AvgIpc) is 2.79. The Morgan fingerprint density at radius 1 is 1.40 bits per heavy atom. The fourth-order valence-electron chi connectivity index (χ4n) is 1.96. The van der Waals surface area contributed by atoms with Gasteiger partial charge in [-0.1, -0.05) is 0 Å². The van der Waals surface area contributed by atoms with Gasteiger partial charge in [0.1, 0.15) is 4.88 Å². The van der Waals surface area contributed by atoms with Gasteiger partial charge in [0.25, 0.3) is 0 Å². The Bertz CT molecular complexity index is 481. The molecule has 0 aliphatic rings. The zero-order chi connectivity index (χ0) is 15.3.